The first-order valence-corrected chi connectivity index (χ1v) is 4.73. The molecule has 0 saturated carbocycles. The van der Waals surface area contributed by atoms with E-state index in [2.05, 4.69) is 10.6 Å². The lowest BCUT2D eigenvalue weighted by molar-refractivity contribution is 0.132. The van der Waals surface area contributed by atoms with E-state index < -0.39 is 0 Å². The van der Waals surface area contributed by atoms with E-state index in [9.17, 15) is 0 Å². The highest BCUT2D eigenvalue weighted by Gasteiger charge is 2.01. The first kappa shape index (κ1) is 11.6. The Kier molecular flexibility index (Phi) is 7.09. The minimum absolute atomic E-state index is 0.275. The summed E-state index contributed by atoms with van der Waals surface area (Å²) in [4.78, 5) is 0. The maximum Gasteiger partial charge on any atom is 0.166 e. The van der Waals surface area contributed by atoms with Gasteiger partial charge in [-0.15, -0.1) is 0 Å². The van der Waals surface area contributed by atoms with Crippen LogP contribution in [0.25, 0.3) is 0 Å². The molecule has 0 heterocycles. The average Bonchev–Trinajstić information content (AvgIpc) is 2.01. The van der Waals surface area contributed by atoms with Gasteiger partial charge in [0.15, 0.2) is 5.11 Å². The molecule has 0 aliphatic heterocycles. The molecule has 0 fully saturated rings. The highest BCUT2D eigenvalue weighted by atomic mass is 32.1. The fourth-order valence-corrected chi connectivity index (χ4v) is 1.12. The zero-order chi connectivity index (χ0) is 9.40. The van der Waals surface area contributed by atoms with Gasteiger partial charge in [-0.1, -0.05) is 0 Å². The van der Waals surface area contributed by atoms with Crippen molar-refractivity contribution in [1.29, 1.82) is 0 Å². The lowest BCUT2D eigenvalue weighted by Gasteiger charge is -2.15. The van der Waals surface area contributed by atoms with E-state index in [4.69, 9.17) is 17.0 Å². The number of ether oxygens (including phenoxy) is 1. The predicted molar refractivity (Wildman–Crippen MR) is 55.4 cm³/mol. The number of rotatable bonds is 5. The Hall–Kier alpha value is -0.350. The number of thiocarbonyl (C=S) groups is 1. The molecular weight excluding hydrogens is 172 g/mol. The van der Waals surface area contributed by atoms with Gasteiger partial charge >= 0.3 is 0 Å². The Morgan fingerprint density at radius 1 is 1.50 bits per heavy atom. The number of hydrogen-bond donors (Lipinski definition) is 2. The third-order valence-electron chi connectivity index (χ3n) is 1.29. The third kappa shape index (κ3) is 6.37. The molecular formula is C8H18N2OS. The molecule has 0 rings (SSSR count). The molecule has 1 atom stereocenters. The normalized spacial score (nSPS) is 12.2. The number of hydrogen-bond acceptors (Lipinski definition) is 2. The molecule has 0 saturated heterocycles. The molecule has 2 N–H and O–H groups in total. The largest absolute Gasteiger partial charge is 0.380 e. The lowest BCUT2D eigenvalue weighted by atomic mass is 10.4. The molecule has 0 radical (unpaired) electrons. The van der Waals surface area contributed by atoms with Gasteiger partial charge in [-0.05, 0) is 33.0 Å². The van der Waals surface area contributed by atoms with Crippen LogP contribution in [0.5, 0.6) is 0 Å². The molecule has 0 aliphatic rings. The Bertz CT molecular complexity index is 130. The van der Waals surface area contributed by atoms with Crippen LogP contribution in [-0.4, -0.2) is 30.9 Å². The predicted octanol–water partition coefficient (Wildman–Crippen LogP) is 0.895. The van der Waals surface area contributed by atoms with Crippen molar-refractivity contribution in [1.82, 2.24) is 10.6 Å². The fraction of sp³-hybridized carbons (Fsp3) is 0.875. The van der Waals surface area contributed by atoms with Crippen LogP contribution in [0.3, 0.4) is 0 Å². The van der Waals surface area contributed by atoms with Gasteiger partial charge in [0, 0.05) is 19.2 Å². The zero-order valence-electron chi connectivity index (χ0n) is 8.02. The molecule has 0 aromatic rings. The third-order valence-corrected chi connectivity index (χ3v) is 1.55. The van der Waals surface area contributed by atoms with Crippen LogP contribution in [0.15, 0.2) is 0 Å². The fourth-order valence-electron chi connectivity index (χ4n) is 0.772. The van der Waals surface area contributed by atoms with E-state index in [1.165, 1.54) is 0 Å². The van der Waals surface area contributed by atoms with E-state index in [1.54, 1.807) is 0 Å². The molecule has 0 aliphatic carbocycles. The van der Waals surface area contributed by atoms with Gasteiger partial charge in [0.25, 0.3) is 0 Å². The summed E-state index contributed by atoms with van der Waals surface area (Å²) in [5.41, 5.74) is 0. The van der Waals surface area contributed by atoms with Gasteiger partial charge in [0.2, 0.25) is 0 Å². The summed E-state index contributed by atoms with van der Waals surface area (Å²) in [6.45, 7) is 8.34. The van der Waals surface area contributed by atoms with Crippen LogP contribution in [0, 0.1) is 0 Å². The molecule has 4 heteroatoms. The Balaban J connectivity index is 3.40. The van der Waals surface area contributed by atoms with Crippen molar-refractivity contribution < 1.29 is 4.74 Å². The minimum atomic E-state index is 0.275. The first-order chi connectivity index (χ1) is 5.70. The molecule has 0 bridgehead atoms. The van der Waals surface area contributed by atoms with Crippen molar-refractivity contribution >= 4 is 17.3 Å². The zero-order valence-corrected chi connectivity index (χ0v) is 8.83. The lowest BCUT2D eigenvalue weighted by Crippen LogP contribution is -2.42. The smallest absolute Gasteiger partial charge is 0.166 e. The SMILES string of the molecule is CCNC(=S)NC(C)COCC. The van der Waals surface area contributed by atoms with E-state index in [0.717, 1.165) is 13.2 Å². The summed E-state index contributed by atoms with van der Waals surface area (Å²) in [6, 6.07) is 0.275. The van der Waals surface area contributed by atoms with Crippen LogP contribution in [0.1, 0.15) is 20.8 Å². The van der Waals surface area contributed by atoms with Crippen LogP contribution in [-0.2, 0) is 4.74 Å². The van der Waals surface area contributed by atoms with Crippen LogP contribution in [0.4, 0.5) is 0 Å². The summed E-state index contributed by atoms with van der Waals surface area (Å²) in [7, 11) is 0. The molecule has 1 unspecified atom stereocenters. The highest BCUT2D eigenvalue weighted by Crippen LogP contribution is 1.83. The summed E-state index contributed by atoms with van der Waals surface area (Å²) in [5, 5.41) is 6.83. The summed E-state index contributed by atoms with van der Waals surface area (Å²) in [6.07, 6.45) is 0. The standard InChI is InChI=1S/C8H18N2OS/c1-4-9-8(12)10-7(3)6-11-5-2/h7H,4-6H2,1-3H3,(H2,9,10,12). The second-order valence-corrected chi connectivity index (χ2v) is 2.97. The van der Waals surface area contributed by atoms with Crippen molar-refractivity contribution in [3.63, 3.8) is 0 Å². The molecule has 0 aromatic heterocycles. The Labute approximate surface area is 79.9 Å². The summed E-state index contributed by atoms with van der Waals surface area (Å²) >= 11 is 5.00. The second kappa shape index (κ2) is 7.31. The molecule has 0 spiro atoms. The molecule has 0 amide bonds. The van der Waals surface area contributed by atoms with Gasteiger partial charge in [0.05, 0.1) is 6.61 Å². The van der Waals surface area contributed by atoms with E-state index in [-0.39, 0.29) is 6.04 Å². The van der Waals surface area contributed by atoms with E-state index in [0.29, 0.717) is 11.7 Å². The minimum Gasteiger partial charge on any atom is -0.380 e. The van der Waals surface area contributed by atoms with Gasteiger partial charge in [-0.2, -0.15) is 0 Å². The van der Waals surface area contributed by atoms with Crippen molar-refractivity contribution in [3.8, 4) is 0 Å². The quantitative estimate of drug-likeness (QED) is 0.631. The van der Waals surface area contributed by atoms with Crippen LogP contribution >= 0.6 is 12.2 Å². The molecule has 12 heavy (non-hydrogen) atoms. The van der Waals surface area contributed by atoms with Crippen molar-refractivity contribution in [2.75, 3.05) is 19.8 Å². The monoisotopic (exact) mass is 190 g/mol. The molecule has 3 nitrogen and oxygen atoms in total. The van der Waals surface area contributed by atoms with Gasteiger partial charge in [-0.25, -0.2) is 0 Å². The maximum absolute atomic E-state index is 5.22. The van der Waals surface area contributed by atoms with Gasteiger partial charge in [-0.3, -0.25) is 0 Å². The first-order valence-electron chi connectivity index (χ1n) is 4.32. The van der Waals surface area contributed by atoms with Crippen molar-refractivity contribution in [3.05, 3.63) is 0 Å². The molecule has 72 valence electrons. The maximum atomic E-state index is 5.22. The van der Waals surface area contributed by atoms with Crippen LogP contribution < -0.4 is 10.6 Å². The number of nitrogens with one attached hydrogen (secondary N) is 2. The van der Waals surface area contributed by atoms with Crippen LogP contribution in [0.2, 0.25) is 0 Å². The van der Waals surface area contributed by atoms with Crippen molar-refractivity contribution in [2.24, 2.45) is 0 Å². The molecule has 0 aromatic carbocycles. The second-order valence-electron chi connectivity index (χ2n) is 2.56. The highest BCUT2D eigenvalue weighted by molar-refractivity contribution is 7.80. The average molecular weight is 190 g/mol. The van der Waals surface area contributed by atoms with Gasteiger partial charge < -0.3 is 15.4 Å². The van der Waals surface area contributed by atoms with Gasteiger partial charge in [0.1, 0.15) is 0 Å². The summed E-state index contributed by atoms with van der Waals surface area (Å²) in [5.74, 6) is 0. The van der Waals surface area contributed by atoms with Crippen molar-refractivity contribution in [2.45, 2.75) is 26.8 Å². The van der Waals surface area contributed by atoms with E-state index in [1.807, 2.05) is 20.8 Å². The summed E-state index contributed by atoms with van der Waals surface area (Å²) < 4.78 is 5.22. The Morgan fingerprint density at radius 3 is 2.67 bits per heavy atom. The topological polar surface area (TPSA) is 33.3 Å². The van der Waals surface area contributed by atoms with E-state index >= 15 is 0 Å². The Morgan fingerprint density at radius 2 is 2.17 bits per heavy atom.